The molecule has 6 nitrogen and oxygen atoms in total. The molecule has 0 aliphatic heterocycles. The minimum absolute atomic E-state index is 0.0802. The summed E-state index contributed by atoms with van der Waals surface area (Å²) >= 11 is 1.36. The Hall–Kier alpha value is -2.54. The number of carbonyl (C=O) groups is 1. The predicted octanol–water partition coefficient (Wildman–Crippen LogP) is 3.86. The largest absolute Gasteiger partial charge is 0.493 e. The van der Waals surface area contributed by atoms with Crippen LogP contribution in [0.4, 0.5) is 0 Å². The molecule has 0 atom stereocenters. The van der Waals surface area contributed by atoms with Gasteiger partial charge in [0.2, 0.25) is 0 Å². The predicted molar refractivity (Wildman–Crippen MR) is 108 cm³/mol. The van der Waals surface area contributed by atoms with Crippen LogP contribution in [0.2, 0.25) is 0 Å². The highest BCUT2D eigenvalue weighted by Crippen LogP contribution is 2.27. The number of hydrogen-bond acceptors (Lipinski definition) is 5. The standard InChI is InChI=1S/C20H26N2O4S/c1-14(2)26-20(21-19(23)18-7-6-12-27-18)22(3)11-10-15-8-9-16(24-4)17(13-15)25-5/h6-9,12-14H,10-11H2,1-5H3. The van der Waals surface area contributed by atoms with E-state index in [1.54, 1.807) is 20.3 Å². The van der Waals surface area contributed by atoms with Crippen LogP contribution < -0.4 is 9.47 Å². The van der Waals surface area contributed by atoms with Gasteiger partial charge in [-0.2, -0.15) is 4.99 Å². The van der Waals surface area contributed by atoms with E-state index in [0.29, 0.717) is 28.9 Å². The molecule has 0 aliphatic rings. The number of methoxy groups -OCH3 is 2. The minimum atomic E-state index is -0.293. The Morgan fingerprint density at radius 3 is 2.52 bits per heavy atom. The van der Waals surface area contributed by atoms with Crippen LogP contribution in [-0.4, -0.2) is 50.7 Å². The van der Waals surface area contributed by atoms with Crippen molar-refractivity contribution in [2.45, 2.75) is 26.4 Å². The van der Waals surface area contributed by atoms with Crippen molar-refractivity contribution in [3.63, 3.8) is 0 Å². The molecule has 0 radical (unpaired) electrons. The van der Waals surface area contributed by atoms with Gasteiger partial charge in [0.05, 0.1) is 25.2 Å². The minimum Gasteiger partial charge on any atom is -0.493 e. The molecule has 0 bridgehead atoms. The lowest BCUT2D eigenvalue weighted by Crippen LogP contribution is -2.33. The number of amides is 1. The van der Waals surface area contributed by atoms with E-state index in [4.69, 9.17) is 14.2 Å². The summed E-state index contributed by atoms with van der Waals surface area (Å²) in [6.07, 6.45) is 0.660. The lowest BCUT2D eigenvalue weighted by Gasteiger charge is -2.22. The highest BCUT2D eigenvalue weighted by Gasteiger charge is 2.15. The summed E-state index contributed by atoms with van der Waals surface area (Å²) in [7, 11) is 5.09. The molecule has 2 rings (SSSR count). The zero-order valence-corrected chi connectivity index (χ0v) is 17.2. The van der Waals surface area contributed by atoms with E-state index in [1.807, 2.05) is 55.4 Å². The van der Waals surface area contributed by atoms with Crippen molar-refractivity contribution in [2.24, 2.45) is 4.99 Å². The van der Waals surface area contributed by atoms with Crippen molar-refractivity contribution in [1.82, 2.24) is 4.90 Å². The van der Waals surface area contributed by atoms with E-state index in [1.165, 1.54) is 11.3 Å². The number of carbonyl (C=O) groups excluding carboxylic acids is 1. The lowest BCUT2D eigenvalue weighted by molar-refractivity contribution is 0.0994. The Morgan fingerprint density at radius 1 is 1.19 bits per heavy atom. The number of rotatable bonds is 7. The molecule has 1 heterocycles. The first-order valence-corrected chi connectivity index (χ1v) is 9.57. The molecule has 1 aromatic carbocycles. The summed E-state index contributed by atoms with van der Waals surface area (Å²) in [5.74, 6) is 1.10. The highest BCUT2D eigenvalue weighted by atomic mass is 32.1. The number of nitrogens with zero attached hydrogens (tertiary/aromatic N) is 2. The third-order valence-corrected chi connectivity index (χ3v) is 4.64. The number of benzene rings is 1. The monoisotopic (exact) mass is 390 g/mol. The van der Waals surface area contributed by atoms with E-state index in [9.17, 15) is 4.79 Å². The molecule has 1 aromatic heterocycles. The van der Waals surface area contributed by atoms with Gasteiger partial charge in [-0.15, -0.1) is 11.3 Å². The van der Waals surface area contributed by atoms with Gasteiger partial charge in [-0.3, -0.25) is 4.79 Å². The Labute approximate surface area is 164 Å². The Bertz CT molecular complexity index is 772. The summed E-state index contributed by atoms with van der Waals surface area (Å²) in [6.45, 7) is 4.46. The van der Waals surface area contributed by atoms with E-state index in [2.05, 4.69) is 4.99 Å². The van der Waals surface area contributed by atoms with Crippen molar-refractivity contribution >= 4 is 23.3 Å². The fraction of sp³-hybridized carbons (Fsp3) is 0.400. The number of hydrogen-bond donors (Lipinski definition) is 0. The summed E-state index contributed by atoms with van der Waals surface area (Å²) in [4.78, 5) is 18.9. The van der Waals surface area contributed by atoms with Gasteiger partial charge in [0.15, 0.2) is 11.5 Å². The molecule has 0 spiro atoms. The van der Waals surface area contributed by atoms with Gasteiger partial charge in [-0.25, -0.2) is 0 Å². The van der Waals surface area contributed by atoms with Crippen LogP contribution in [0.1, 0.15) is 29.1 Å². The van der Waals surface area contributed by atoms with Crippen LogP contribution in [0.5, 0.6) is 11.5 Å². The fourth-order valence-electron chi connectivity index (χ4n) is 2.38. The van der Waals surface area contributed by atoms with E-state index in [0.717, 1.165) is 12.0 Å². The molecule has 7 heteroatoms. The van der Waals surface area contributed by atoms with Gasteiger partial charge in [-0.1, -0.05) is 12.1 Å². The Morgan fingerprint density at radius 2 is 1.93 bits per heavy atom. The molecule has 0 N–H and O–H groups in total. The zero-order valence-electron chi connectivity index (χ0n) is 16.4. The van der Waals surface area contributed by atoms with E-state index >= 15 is 0 Å². The molecule has 0 fully saturated rings. The lowest BCUT2D eigenvalue weighted by atomic mass is 10.1. The third kappa shape index (κ3) is 5.99. The van der Waals surface area contributed by atoms with Crippen molar-refractivity contribution in [2.75, 3.05) is 27.8 Å². The maximum atomic E-state index is 12.3. The second-order valence-corrected chi connectivity index (χ2v) is 7.15. The summed E-state index contributed by atoms with van der Waals surface area (Å²) in [6, 6.07) is 9.73. The van der Waals surface area contributed by atoms with Crippen LogP contribution in [0.3, 0.4) is 0 Å². The zero-order chi connectivity index (χ0) is 19.8. The highest BCUT2D eigenvalue weighted by molar-refractivity contribution is 7.12. The van der Waals surface area contributed by atoms with Gasteiger partial charge >= 0.3 is 0 Å². The maximum absolute atomic E-state index is 12.3. The van der Waals surface area contributed by atoms with Gasteiger partial charge in [0, 0.05) is 13.6 Å². The van der Waals surface area contributed by atoms with E-state index in [-0.39, 0.29) is 12.0 Å². The molecule has 27 heavy (non-hydrogen) atoms. The molecule has 2 aromatic rings. The summed E-state index contributed by atoms with van der Waals surface area (Å²) in [5, 5.41) is 1.85. The molecule has 0 saturated heterocycles. The third-order valence-electron chi connectivity index (χ3n) is 3.78. The van der Waals surface area contributed by atoms with Crippen LogP contribution in [0, 0.1) is 0 Å². The van der Waals surface area contributed by atoms with Gasteiger partial charge in [-0.05, 0) is 49.4 Å². The van der Waals surface area contributed by atoms with Gasteiger partial charge in [0.1, 0.15) is 0 Å². The normalized spacial score (nSPS) is 11.4. The number of thiophene rings is 1. The Balaban J connectivity index is 2.09. The topological polar surface area (TPSA) is 60.4 Å². The summed E-state index contributed by atoms with van der Waals surface area (Å²) in [5.41, 5.74) is 1.09. The quantitative estimate of drug-likeness (QED) is 0.531. The fourth-order valence-corrected chi connectivity index (χ4v) is 2.99. The van der Waals surface area contributed by atoms with Gasteiger partial charge < -0.3 is 19.1 Å². The van der Waals surface area contributed by atoms with Crippen LogP contribution in [0.25, 0.3) is 0 Å². The van der Waals surface area contributed by atoms with Crippen LogP contribution in [-0.2, 0) is 11.2 Å². The van der Waals surface area contributed by atoms with Gasteiger partial charge in [0.25, 0.3) is 11.9 Å². The first-order valence-electron chi connectivity index (χ1n) is 8.69. The van der Waals surface area contributed by atoms with Crippen LogP contribution in [0.15, 0.2) is 40.7 Å². The first-order chi connectivity index (χ1) is 12.9. The van der Waals surface area contributed by atoms with Crippen LogP contribution >= 0.6 is 11.3 Å². The molecule has 146 valence electrons. The molecule has 0 saturated carbocycles. The Kier molecular flexibility index (Phi) is 7.67. The smallest absolute Gasteiger partial charge is 0.295 e. The molecule has 0 aliphatic carbocycles. The number of likely N-dealkylation sites (N-methyl/N-ethyl adjacent to an activating group) is 1. The molecule has 1 amide bonds. The second kappa shape index (κ2) is 9.97. The molecular weight excluding hydrogens is 364 g/mol. The average Bonchev–Trinajstić information content (AvgIpc) is 3.19. The molecular formula is C20H26N2O4S. The number of aliphatic imine (C=N–C) groups is 1. The average molecular weight is 391 g/mol. The van der Waals surface area contributed by atoms with Crippen molar-refractivity contribution in [3.8, 4) is 11.5 Å². The van der Waals surface area contributed by atoms with E-state index < -0.39 is 0 Å². The SMILES string of the molecule is COc1ccc(CCN(C)C(=NC(=O)c2cccs2)OC(C)C)cc1OC. The second-order valence-electron chi connectivity index (χ2n) is 6.20. The summed E-state index contributed by atoms with van der Waals surface area (Å²) < 4.78 is 16.4. The maximum Gasteiger partial charge on any atom is 0.295 e. The van der Waals surface area contributed by atoms with Crippen molar-refractivity contribution in [3.05, 3.63) is 46.2 Å². The van der Waals surface area contributed by atoms with Crippen molar-refractivity contribution in [1.29, 1.82) is 0 Å². The first kappa shape index (κ1) is 20.8. The van der Waals surface area contributed by atoms with Crippen molar-refractivity contribution < 1.29 is 19.0 Å². The number of ether oxygens (including phenoxy) is 3. The number of amidine groups is 1. The molecule has 0 unspecified atom stereocenters.